The van der Waals surface area contributed by atoms with Gasteiger partial charge in [-0.15, -0.1) is 0 Å². The maximum atomic E-state index is 13.3. The molecule has 1 aromatic carbocycles. The maximum absolute atomic E-state index is 13.3. The first-order valence-corrected chi connectivity index (χ1v) is 13.6. The monoisotopic (exact) mass is 486 g/mol. The molecule has 5 heteroatoms. The number of ketones is 1. The summed E-state index contributed by atoms with van der Waals surface area (Å²) in [4.78, 5) is 25.4. The van der Waals surface area contributed by atoms with Crippen LogP contribution in [0.5, 0.6) is 5.75 Å². The van der Waals surface area contributed by atoms with Gasteiger partial charge < -0.3 is 9.47 Å². The van der Waals surface area contributed by atoms with Crippen molar-refractivity contribution < 1.29 is 19.1 Å². The van der Waals surface area contributed by atoms with Gasteiger partial charge in [-0.3, -0.25) is 4.79 Å². The average molecular weight is 487 g/mol. The number of esters is 1. The summed E-state index contributed by atoms with van der Waals surface area (Å²) in [6.45, 7) is 8.40. The molecule has 1 aromatic rings. The molecule has 0 amide bonds. The van der Waals surface area contributed by atoms with E-state index < -0.39 is 5.60 Å². The van der Waals surface area contributed by atoms with Gasteiger partial charge in [-0.2, -0.15) is 0 Å². The van der Waals surface area contributed by atoms with Crippen molar-refractivity contribution in [2.45, 2.75) is 97.2 Å². The molecule has 0 bridgehead atoms. The molecule has 4 aliphatic rings. The topological polar surface area (TPSA) is 52.6 Å². The highest BCUT2D eigenvalue weighted by molar-refractivity contribution is 6.30. The van der Waals surface area contributed by atoms with E-state index in [0.29, 0.717) is 45.6 Å². The Bertz CT molecular complexity index is 955. The number of Topliss-reactive ketones (excluding diaryl/α,β-unsaturated/α-hetero) is 1. The van der Waals surface area contributed by atoms with Gasteiger partial charge in [0.15, 0.2) is 5.60 Å². The lowest BCUT2D eigenvalue weighted by Crippen LogP contribution is -2.54. The van der Waals surface area contributed by atoms with Crippen LogP contribution in [0.25, 0.3) is 0 Å². The fraction of sp³-hybridized carbons (Fsp3) is 0.724. The van der Waals surface area contributed by atoms with Crippen LogP contribution in [-0.4, -0.2) is 23.5 Å². The van der Waals surface area contributed by atoms with E-state index in [-0.39, 0.29) is 17.5 Å². The summed E-state index contributed by atoms with van der Waals surface area (Å²) in [5.41, 5.74) is -0.734. The molecule has 186 valence electrons. The number of halogens is 1. The number of hydrogen-bond acceptors (Lipinski definition) is 4. The second kappa shape index (κ2) is 8.54. The van der Waals surface area contributed by atoms with Crippen molar-refractivity contribution in [1.82, 2.24) is 0 Å². The average Bonchev–Trinajstić information content (AvgIpc) is 3.12. The van der Waals surface area contributed by atoms with E-state index in [1.165, 1.54) is 19.3 Å². The largest absolute Gasteiger partial charge is 0.476 e. The van der Waals surface area contributed by atoms with Crippen LogP contribution in [0.4, 0.5) is 0 Å². The number of carbonyl (C=O) groups is 2. The lowest BCUT2D eigenvalue weighted by molar-refractivity contribution is -0.177. The van der Waals surface area contributed by atoms with Crippen molar-refractivity contribution in [3.63, 3.8) is 0 Å². The Labute approximate surface area is 209 Å². The third-order valence-electron chi connectivity index (χ3n) is 10.3. The van der Waals surface area contributed by atoms with Crippen LogP contribution in [0.2, 0.25) is 5.02 Å². The van der Waals surface area contributed by atoms with Crippen LogP contribution in [0.15, 0.2) is 24.3 Å². The molecule has 5 rings (SSSR count). The predicted octanol–water partition coefficient (Wildman–Crippen LogP) is 7.02. The normalized spacial score (nSPS) is 39.6. The molecule has 0 saturated heterocycles. The summed E-state index contributed by atoms with van der Waals surface area (Å²) in [7, 11) is 0. The Morgan fingerprint density at radius 2 is 1.68 bits per heavy atom. The Morgan fingerprint density at radius 1 is 0.971 bits per heavy atom. The number of rotatable bonds is 4. The maximum Gasteiger partial charge on any atom is 0.350 e. The van der Waals surface area contributed by atoms with E-state index in [9.17, 15) is 9.59 Å². The molecular weight excluding hydrogens is 448 g/mol. The van der Waals surface area contributed by atoms with Crippen LogP contribution in [0, 0.1) is 34.5 Å². The summed E-state index contributed by atoms with van der Waals surface area (Å²) < 4.78 is 12.2. The molecule has 4 aliphatic carbocycles. The summed E-state index contributed by atoms with van der Waals surface area (Å²) in [5.74, 6) is 3.35. The highest BCUT2D eigenvalue weighted by Gasteiger charge is 2.61. The first-order valence-electron chi connectivity index (χ1n) is 13.2. The Kier molecular flexibility index (Phi) is 6.06. The minimum Gasteiger partial charge on any atom is -0.476 e. The molecule has 0 spiro atoms. The molecule has 0 aromatic heterocycles. The van der Waals surface area contributed by atoms with Crippen LogP contribution in [0.3, 0.4) is 0 Å². The lowest BCUT2D eigenvalue weighted by Gasteiger charge is -2.60. The Balaban J connectivity index is 1.28. The standard InChI is InChI=1S/C29H39ClO4/c1-27(2,34-21-8-6-19(30)7-9-21)26(32)33-25-12-11-23-22-10-5-18-17-20(31)13-15-28(18,3)24(22)14-16-29(23,25)4/h6-9,18,22-25H,5,10-17H2,1-4H3/t18-,22+,23+,24-,25+,28-,29-/m0/s1. The molecule has 0 N–H and O–H groups in total. The Hall–Kier alpha value is -1.55. The zero-order valence-corrected chi connectivity index (χ0v) is 21.8. The quantitative estimate of drug-likeness (QED) is 0.429. The van der Waals surface area contributed by atoms with Crippen molar-refractivity contribution in [1.29, 1.82) is 0 Å². The first kappa shape index (κ1) is 24.2. The van der Waals surface area contributed by atoms with E-state index in [1.807, 2.05) is 0 Å². The minimum atomic E-state index is -1.07. The molecule has 7 atom stereocenters. The number of ether oxygens (including phenoxy) is 2. The van der Waals surface area contributed by atoms with Gasteiger partial charge in [-0.25, -0.2) is 4.79 Å². The number of carbonyl (C=O) groups excluding carboxylic acids is 2. The zero-order chi connectivity index (χ0) is 24.3. The minimum absolute atomic E-state index is 0.0286. The zero-order valence-electron chi connectivity index (χ0n) is 21.1. The predicted molar refractivity (Wildman–Crippen MR) is 133 cm³/mol. The van der Waals surface area contributed by atoms with Gasteiger partial charge in [0.1, 0.15) is 17.6 Å². The SMILES string of the molecule is CC(C)(Oc1ccc(Cl)cc1)C(=O)O[C@@H]1CC[C@@H]2[C@H]3CC[C@H]4CC(=O)CC[C@]4(C)[C@H]3CC[C@@]21C. The molecule has 4 nitrogen and oxygen atoms in total. The van der Waals surface area contributed by atoms with Crippen molar-refractivity contribution in [2.75, 3.05) is 0 Å². The van der Waals surface area contributed by atoms with Crippen LogP contribution in [0.1, 0.15) is 85.5 Å². The van der Waals surface area contributed by atoms with Crippen molar-refractivity contribution >= 4 is 23.4 Å². The molecular formula is C29H39ClO4. The van der Waals surface area contributed by atoms with Gasteiger partial charge in [0.25, 0.3) is 0 Å². The van der Waals surface area contributed by atoms with Crippen LogP contribution in [-0.2, 0) is 14.3 Å². The molecule has 0 heterocycles. The highest BCUT2D eigenvalue weighted by atomic mass is 35.5. The summed E-state index contributed by atoms with van der Waals surface area (Å²) in [6, 6.07) is 7.08. The second-order valence-corrected chi connectivity index (χ2v) is 12.9. The molecule has 4 saturated carbocycles. The number of fused-ring (bicyclic) bond motifs is 5. The van der Waals surface area contributed by atoms with Gasteiger partial charge in [0.05, 0.1) is 0 Å². The fourth-order valence-electron chi connectivity index (χ4n) is 8.30. The summed E-state index contributed by atoms with van der Waals surface area (Å²) in [6.07, 6.45) is 9.34. The molecule has 0 unspecified atom stereocenters. The van der Waals surface area contributed by atoms with Crippen molar-refractivity contribution in [2.24, 2.45) is 34.5 Å². The first-order chi connectivity index (χ1) is 16.0. The number of benzene rings is 1. The van der Waals surface area contributed by atoms with Gasteiger partial charge in [0.2, 0.25) is 0 Å². The third-order valence-corrected chi connectivity index (χ3v) is 10.6. The van der Waals surface area contributed by atoms with E-state index >= 15 is 0 Å². The molecule has 0 radical (unpaired) electrons. The Morgan fingerprint density at radius 3 is 2.41 bits per heavy atom. The van der Waals surface area contributed by atoms with Crippen molar-refractivity contribution in [3.05, 3.63) is 29.3 Å². The number of hydrogen-bond donors (Lipinski definition) is 0. The van der Waals surface area contributed by atoms with Crippen LogP contribution < -0.4 is 4.74 Å². The molecule has 4 fully saturated rings. The van der Waals surface area contributed by atoms with E-state index in [2.05, 4.69) is 13.8 Å². The van der Waals surface area contributed by atoms with Gasteiger partial charge in [0, 0.05) is 23.3 Å². The molecule has 34 heavy (non-hydrogen) atoms. The van der Waals surface area contributed by atoms with E-state index in [4.69, 9.17) is 21.1 Å². The van der Waals surface area contributed by atoms with Gasteiger partial charge >= 0.3 is 5.97 Å². The van der Waals surface area contributed by atoms with Crippen molar-refractivity contribution in [3.8, 4) is 5.75 Å². The third kappa shape index (κ3) is 3.98. The highest BCUT2D eigenvalue weighted by Crippen LogP contribution is 2.66. The summed E-state index contributed by atoms with van der Waals surface area (Å²) >= 11 is 5.98. The van der Waals surface area contributed by atoms with E-state index in [1.54, 1.807) is 38.1 Å². The molecule has 0 aliphatic heterocycles. The lowest BCUT2D eigenvalue weighted by atomic mass is 9.45. The van der Waals surface area contributed by atoms with Gasteiger partial charge in [-0.1, -0.05) is 25.4 Å². The smallest absolute Gasteiger partial charge is 0.350 e. The fourth-order valence-corrected chi connectivity index (χ4v) is 8.43. The second-order valence-electron chi connectivity index (χ2n) is 12.5. The van der Waals surface area contributed by atoms with Crippen LogP contribution >= 0.6 is 11.6 Å². The van der Waals surface area contributed by atoms with Gasteiger partial charge in [-0.05, 0) is 112 Å². The summed E-state index contributed by atoms with van der Waals surface area (Å²) in [5, 5.41) is 0.635. The van der Waals surface area contributed by atoms with E-state index in [0.717, 1.165) is 38.5 Å².